The fourth-order valence-corrected chi connectivity index (χ4v) is 3.10. The van der Waals surface area contributed by atoms with Gasteiger partial charge in [-0.3, -0.25) is 4.79 Å². The summed E-state index contributed by atoms with van der Waals surface area (Å²) in [4.78, 5) is 16.3. The first-order chi connectivity index (χ1) is 9.47. The van der Waals surface area contributed by atoms with E-state index in [0.717, 1.165) is 35.7 Å². The highest BCUT2D eigenvalue weighted by Gasteiger charge is 2.18. The Kier molecular flexibility index (Phi) is 3.19. The first kappa shape index (κ1) is 13.4. The van der Waals surface area contributed by atoms with Gasteiger partial charge in [-0.05, 0) is 48.8 Å². The van der Waals surface area contributed by atoms with Gasteiger partial charge in [0.1, 0.15) is 0 Å². The van der Waals surface area contributed by atoms with Crippen LogP contribution in [0.5, 0.6) is 0 Å². The maximum Gasteiger partial charge on any atom is 0.192 e. The molecule has 0 saturated carbocycles. The Morgan fingerprint density at radius 3 is 2.55 bits per heavy atom. The molecule has 0 amide bonds. The Labute approximate surface area is 120 Å². The van der Waals surface area contributed by atoms with E-state index < -0.39 is 0 Å². The molecule has 0 radical (unpaired) electrons. The minimum atomic E-state index is 0.0768. The molecule has 106 valence electrons. The molecule has 1 aromatic carbocycles. The Hall–Kier alpha value is -1.57. The maximum atomic E-state index is 12.8. The van der Waals surface area contributed by atoms with Gasteiger partial charge >= 0.3 is 0 Å². The zero-order chi connectivity index (χ0) is 14.3. The van der Waals surface area contributed by atoms with Crippen LogP contribution in [0, 0.1) is 0 Å². The number of nitrogens with one attached hydrogen (secondary N) is 1. The van der Waals surface area contributed by atoms with Gasteiger partial charge in [-0.2, -0.15) is 0 Å². The minimum Gasteiger partial charge on any atom is -0.358 e. The van der Waals surface area contributed by atoms with Crippen LogP contribution in [0.4, 0.5) is 0 Å². The normalized spacial score (nSPS) is 15.9. The number of rotatable bonds is 0. The fraction of sp³-hybridized carbons (Fsp3) is 0.500. The molecule has 0 aliphatic heterocycles. The quantitative estimate of drug-likeness (QED) is 0.718. The molecule has 0 fully saturated rings. The molecule has 2 aromatic rings. The number of fused-ring (bicyclic) bond motifs is 2. The van der Waals surface area contributed by atoms with Crippen molar-refractivity contribution in [2.45, 2.75) is 58.3 Å². The SMILES string of the molecule is CC(C)(C)c1ccc2[nH]c3c(c(=O)c2c1)CCCCC3. The number of hydrogen-bond donors (Lipinski definition) is 1. The lowest BCUT2D eigenvalue weighted by molar-refractivity contribution is 0.591. The fourth-order valence-electron chi connectivity index (χ4n) is 3.10. The molecular weight excluding hydrogens is 246 g/mol. The van der Waals surface area contributed by atoms with Crippen molar-refractivity contribution in [3.8, 4) is 0 Å². The molecule has 1 aliphatic rings. The number of aryl methyl sites for hydroxylation is 1. The largest absolute Gasteiger partial charge is 0.358 e. The average Bonchev–Trinajstić information content (AvgIpc) is 2.63. The molecule has 1 heterocycles. The van der Waals surface area contributed by atoms with Crippen LogP contribution in [0.3, 0.4) is 0 Å². The number of H-pyrrole nitrogens is 1. The second kappa shape index (κ2) is 4.76. The van der Waals surface area contributed by atoms with Crippen molar-refractivity contribution in [1.82, 2.24) is 4.98 Å². The summed E-state index contributed by atoms with van der Waals surface area (Å²) in [7, 11) is 0. The first-order valence-electron chi connectivity index (χ1n) is 7.65. The van der Waals surface area contributed by atoms with Crippen molar-refractivity contribution in [3.63, 3.8) is 0 Å². The van der Waals surface area contributed by atoms with Crippen LogP contribution in [-0.4, -0.2) is 4.98 Å². The van der Waals surface area contributed by atoms with Gasteiger partial charge in [0, 0.05) is 22.2 Å². The number of aromatic amines is 1. The molecule has 0 bridgehead atoms. The predicted molar refractivity (Wildman–Crippen MR) is 84.5 cm³/mol. The van der Waals surface area contributed by atoms with Crippen molar-refractivity contribution >= 4 is 10.9 Å². The van der Waals surface area contributed by atoms with Gasteiger partial charge in [-0.15, -0.1) is 0 Å². The van der Waals surface area contributed by atoms with E-state index in [2.05, 4.69) is 44.0 Å². The smallest absolute Gasteiger partial charge is 0.192 e. The van der Waals surface area contributed by atoms with E-state index in [0.29, 0.717) is 0 Å². The summed E-state index contributed by atoms with van der Waals surface area (Å²) in [5, 5.41) is 0.859. The lowest BCUT2D eigenvalue weighted by Crippen LogP contribution is -2.16. The van der Waals surface area contributed by atoms with Gasteiger partial charge in [-0.25, -0.2) is 0 Å². The number of aromatic nitrogens is 1. The average molecular weight is 269 g/mol. The maximum absolute atomic E-state index is 12.8. The van der Waals surface area contributed by atoms with Gasteiger partial charge in [-0.1, -0.05) is 33.3 Å². The van der Waals surface area contributed by atoms with Crippen LogP contribution in [0.2, 0.25) is 0 Å². The third-order valence-corrected chi connectivity index (χ3v) is 4.41. The summed E-state index contributed by atoms with van der Waals surface area (Å²) in [6, 6.07) is 6.29. The van der Waals surface area contributed by atoms with Crippen LogP contribution in [0.1, 0.15) is 56.9 Å². The van der Waals surface area contributed by atoms with Crippen LogP contribution in [-0.2, 0) is 18.3 Å². The Balaban J connectivity index is 2.26. The molecule has 0 saturated heterocycles. The van der Waals surface area contributed by atoms with E-state index in [4.69, 9.17) is 0 Å². The van der Waals surface area contributed by atoms with Gasteiger partial charge in [0.25, 0.3) is 0 Å². The van der Waals surface area contributed by atoms with E-state index in [1.807, 2.05) is 0 Å². The van der Waals surface area contributed by atoms with Gasteiger partial charge < -0.3 is 4.98 Å². The van der Waals surface area contributed by atoms with E-state index >= 15 is 0 Å². The van der Waals surface area contributed by atoms with Crippen LogP contribution >= 0.6 is 0 Å². The van der Waals surface area contributed by atoms with Crippen molar-refractivity contribution in [3.05, 3.63) is 45.2 Å². The second-order valence-corrected chi connectivity index (χ2v) is 6.98. The zero-order valence-corrected chi connectivity index (χ0v) is 12.7. The second-order valence-electron chi connectivity index (χ2n) is 6.98. The highest BCUT2D eigenvalue weighted by Crippen LogP contribution is 2.26. The Bertz CT molecular complexity index is 704. The predicted octanol–water partition coefficient (Wildman–Crippen LogP) is 4.09. The topological polar surface area (TPSA) is 32.9 Å². The number of hydrogen-bond acceptors (Lipinski definition) is 1. The zero-order valence-electron chi connectivity index (χ0n) is 12.7. The summed E-state index contributed by atoms with van der Waals surface area (Å²) in [6.07, 6.45) is 5.50. The Morgan fingerprint density at radius 1 is 1.05 bits per heavy atom. The van der Waals surface area contributed by atoms with Crippen molar-refractivity contribution in [2.24, 2.45) is 0 Å². The van der Waals surface area contributed by atoms with Crippen LogP contribution < -0.4 is 5.43 Å². The molecule has 2 nitrogen and oxygen atoms in total. The highest BCUT2D eigenvalue weighted by atomic mass is 16.1. The summed E-state index contributed by atoms with van der Waals surface area (Å²) < 4.78 is 0. The summed E-state index contributed by atoms with van der Waals surface area (Å²) in [5.41, 5.74) is 4.74. The molecule has 2 heteroatoms. The first-order valence-corrected chi connectivity index (χ1v) is 7.65. The monoisotopic (exact) mass is 269 g/mol. The molecule has 1 N–H and O–H groups in total. The van der Waals surface area contributed by atoms with Crippen molar-refractivity contribution in [1.29, 1.82) is 0 Å². The van der Waals surface area contributed by atoms with Crippen LogP contribution in [0.15, 0.2) is 23.0 Å². The molecule has 0 spiro atoms. The molecule has 20 heavy (non-hydrogen) atoms. The van der Waals surface area contributed by atoms with E-state index in [9.17, 15) is 4.79 Å². The lowest BCUT2D eigenvalue weighted by Gasteiger charge is -2.19. The highest BCUT2D eigenvalue weighted by molar-refractivity contribution is 5.80. The summed E-state index contributed by atoms with van der Waals surface area (Å²) >= 11 is 0. The Morgan fingerprint density at radius 2 is 1.80 bits per heavy atom. The van der Waals surface area contributed by atoms with E-state index in [-0.39, 0.29) is 10.8 Å². The molecular formula is C18H23NO. The van der Waals surface area contributed by atoms with Crippen molar-refractivity contribution in [2.75, 3.05) is 0 Å². The van der Waals surface area contributed by atoms with Gasteiger partial charge in [0.15, 0.2) is 5.43 Å². The molecule has 3 rings (SSSR count). The summed E-state index contributed by atoms with van der Waals surface area (Å²) in [6.45, 7) is 6.56. The molecule has 0 atom stereocenters. The van der Waals surface area contributed by atoms with Gasteiger partial charge in [0.2, 0.25) is 0 Å². The third kappa shape index (κ3) is 2.28. The minimum absolute atomic E-state index is 0.0768. The molecule has 0 unspecified atom stereocenters. The van der Waals surface area contributed by atoms with Gasteiger partial charge in [0.05, 0.1) is 0 Å². The van der Waals surface area contributed by atoms with Crippen molar-refractivity contribution < 1.29 is 0 Å². The summed E-state index contributed by atoms with van der Waals surface area (Å²) in [5.74, 6) is 0. The van der Waals surface area contributed by atoms with Crippen LogP contribution in [0.25, 0.3) is 10.9 Å². The molecule has 1 aliphatic carbocycles. The standard InChI is InChI=1S/C18H23NO/c1-18(2,3)12-9-10-16-14(11-12)17(20)13-7-5-4-6-8-15(13)19-16/h9-11H,4-8H2,1-3H3,(H,19,20). The van der Waals surface area contributed by atoms with E-state index in [1.54, 1.807) is 0 Å². The lowest BCUT2D eigenvalue weighted by atomic mass is 9.86. The number of pyridine rings is 1. The third-order valence-electron chi connectivity index (χ3n) is 4.41. The molecule has 1 aromatic heterocycles. The number of benzene rings is 1. The van der Waals surface area contributed by atoms with E-state index in [1.165, 1.54) is 24.1 Å².